The van der Waals surface area contributed by atoms with Crippen molar-refractivity contribution >= 4 is 0 Å². The van der Waals surface area contributed by atoms with E-state index in [0.29, 0.717) is 12.1 Å². The second-order valence-electron chi connectivity index (χ2n) is 6.15. The molecule has 0 aromatic carbocycles. The molecule has 3 unspecified atom stereocenters. The number of methoxy groups -OCH3 is 1. The first-order valence-corrected chi connectivity index (χ1v) is 7.48. The molecular weight excluding hydrogens is 224 g/mol. The van der Waals surface area contributed by atoms with Gasteiger partial charge in [0.05, 0.1) is 6.61 Å². The molecule has 3 atom stereocenters. The Morgan fingerprint density at radius 3 is 2.61 bits per heavy atom. The van der Waals surface area contributed by atoms with Gasteiger partial charge in [-0.2, -0.15) is 0 Å². The van der Waals surface area contributed by atoms with E-state index in [1.165, 1.54) is 25.8 Å². The zero-order chi connectivity index (χ0) is 13.5. The van der Waals surface area contributed by atoms with Gasteiger partial charge in [-0.15, -0.1) is 0 Å². The number of nitrogens with one attached hydrogen (secondary N) is 1. The summed E-state index contributed by atoms with van der Waals surface area (Å²) in [6.07, 6.45) is 4.07. The van der Waals surface area contributed by atoms with Crippen LogP contribution in [0.1, 0.15) is 40.0 Å². The van der Waals surface area contributed by atoms with Crippen molar-refractivity contribution in [3.63, 3.8) is 0 Å². The highest BCUT2D eigenvalue weighted by Gasteiger charge is 2.29. The van der Waals surface area contributed by atoms with Crippen molar-refractivity contribution in [2.45, 2.75) is 52.1 Å². The van der Waals surface area contributed by atoms with Crippen LogP contribution in [0, 0.1) is 11.8 Å². The van der Waals surface area contributed by atoms with Crippen LogP contribution in [-0.4, -0.2) is 50.8 Å². The van der Waals surface area contributed by atoms with Crippen LogP contribution >= 0.6 is 0 Å². The van der Waals surface area contributed by atoms with Crippen molar-refractivity contribution in [3.05, 3.63) is 0 Å². The second kappa shape index (κ2) is 8.13. The van der Waals surface area contributed by atoms with E-state index in [0.717, 1.165) is 25.0 Å². The molecule has 1 saturated carbocycles. The molecule has 1 aliphatic carbocycles. The van der Waals surface area contributed by atoms with E-state index >= 15 is 0 Å². The van der Waals surface area contributed by atoms with Crippen LogP contribution in [0.5, 0.6) is 0 Å². The van der Waals surface area contributed by atoms with Crippen molar-refractivity contribution in [1.29, 1.82) is 0 Å². The van der Waals surface area contributed by atoms with E-state index in [2.05, 4.69) is 38.0 Å². The van der Waals surface area contributed by atoms with Gasteiger partial charge in [-0.1, -0.05) is 6.92 Å². The van der Waals surface area contributed by atoms with Gasteiger partial charge in [0.25, 0.3) is 0 Å². The lowest BCUT2D eigenvalue weighted by Gasteiger charge is -2.39. The number of hydrogen-bond donors (Lipinski definition) is 1. The lowest BCUT2D eigenvalue weighted by atomic mass is 9.78. The van der Waals surface area contributed by atoms with Crippen molar-refractivity contribution in [1.82, 2.24) is 10.2 Å². The van der Waals surface area contributed by atoms with Crippen molar-refractivity contribution in [2.75, 3.05) is 33.9 Å². The maximum Gasteiger partial charge on any atom is 0.0589 e. The highest BCUT2D eigenvalue weighted by atomic mass is 16.5. The van der Waals surface area contributed by atoms with Gasteiger partial charge in [-0.05, 0) is 52.0 Å². The minimum atomic E-state index is 0.606. The molecule has 0 amide bonds. The third kappa shape index (κ3) is 4.87. The van der Waals surface area contributed by atoms with E-state index in [-0.39, 0.29) is 0 Å². The molecule has 0 aliphatic heterocycles. The number of hydrogen-bond acceptors (Lipinski definition) is 3. The normalized spacial score (nSPS) is 29.2. The summed E-state index contributed by atoms with van der Waals surface area (Å²) in [6, 6.07) is 1.31. The molecule has 3 heteroatoms. The van der Waals surface area contributed by atoms with E-state index in [1.807, 2.05) is 0 Å². The molecule has 1 rings (SSSR count). The molecule has 0 radical (unpaired) electrons. The Kier molecular flexibility index (Phi) is 7.20. The van der Waals surface area contributed by atoms with Gasteiger partial charge in [-0.3, -0.25) is 4.90 Å². The molecule has 1 aliphatic rings. The van der Waals surface area contributed by atoms with Crippen molar-refractivity contribution < 1.29 is 4.74 Å². The van der Waals surface area contributed by atoms with Crippen LogP contribution in [0.4, 0.5) is 0 Å². The first kappa shape index (κ1) is 15.9. The number of rotatable bonds is 7. The smallest absolute Gasteiger partial charge is 0.0589 e. The molecule has 108 valence electrons. The Balaban J connectivity index is 2.53. The fourth-order valence-electron chi connectivity index (χ4n) is 3.15. The largest absolute Gasteiger partial charge is 0.383 e. The minimum Gasteiger partial charge on any atom is -0.383 e. The molecular formula is C15H32N2O. The van der Waals surface area contributed by atoms with Crippen molar-refractivity contribution in [2.24, 2.45) is 11.8 Å². The predicted octanol–water partition coefficient (Wildman–Crippen LogP) is 2.37. The van der Waals surface area contributed by atoms with Gasteiger partial charge in [0.2, 0.25) is 0 Å². The minimum absolute atomic E-state index is 0.606. The fourth-order valence-corrected chi connectivity index (χ4v) is 3.15. The summed E-state index contributed by atoms with van der Waals surface area (Å²) in [4.78, 5) is 2.57. The summed E-state index contributed by atoms with van der Waals surface area (Å²) < 4.78 is 5.23. The summed E-state index contributed by atoms with van der Waals surface area (Å²) in [6.45, 7) is 10.1. The maximum atomic E-state index is 5.23. The predicted molar refractivity (Wildman–Crippen MR) is 77.9 cm³/mol. The monoisotopic (exact) mass is 256 g/mol. The summed E-state index contributed by atoms with van der Waals surface area (Å²) in [5, 5.41) is 3.52. The lowest BCUT2D eigenvalue weighted by molar-refractivity contribution is 0.0919. The highest BCUT2D eigenvalue weighted by molar-refractivity contribution is 4.85. The van der Waals surface area contributed by atoms with Gasteiger partial charge < -0.3 is 10.1 Å². The molecule has 0 saturated heterocycles. The Morgan fingerprint density at radius 1 is 1.33 bits per heavy atom. The molecule has 1 fully saturated rings. The topological polar surface area (TPSA) is 24.5 Å². The van der Waals surface area contributed by atoms with Crippen LogP contribution in [0.2, 0.25) is 0 Å². The quantitative estimate of drug-likeness (QED) is 0.757. The van der Waals surface area contributed by atoms with Crippen LogP contribution in [0.3, 0.4) is 0 Å². The van der Waals surface area contributed by atoms with Crippen LogP contribution < -0.4 is 5.32 Å². The molecule has 3 nitrogen and oxygen atoms in total. The van der Waals surface area contributed by atoms with Gasteiger partial charge in [0, 0.05) is 32.3 Å². The average molecular weight is 256 g/mol. The average Bonchev–Trinajstić information content (AvgIpc) is 2.34. The third-order valence-corrected chi connectivity index (χ3v) is 4.40. The number of ether oxygens (including phenoxy) is 1. The molecule has 0 aromatic rings. The van der Waals surface area contributed by atoms with Crippen LogP contribution in [0.25, 0.3) is 0 Å². The molecule has 18 heavy (non-hydrogen) atoms. The first-order chi connectivity index (χ1) is 8.58. The Hall–Kier alpha value is -0.120. The second-order valence-corrected chi connectivity index (χ2v) is 6.15. The molecule has 0 heterocycles. The SMILES string of the molecule is CNC1CCC(C)CC1CN(CCOC)C(C)C. The molecule has 0 aromatic heterocycles. The van der Waals surface area contributed by atoms with Gasteiger partial charge >= 0.3 is 0 Å². The van der Waals surface area contributed by atoms with E-state index < -0.39 is 0 Å². The van der Waals surface area contributed by atoms with Gasteiger partial charge in [0.1, 0.15) is 0 Å². The molecule has 1 N–H and O–H groups in total. The fraction of sp³-hybridized carbons (Fsp3) is 1.00. The molecule has 0 bridgehead atoms. The zero-order valence-electron chi connectivity index (χ0n) is 12.9. The van der Waals surface area contributed by atoms with Crippen molar-refractivity contribution in [3.8, 4) is 0 Å². The number of nitrogens with zero attached hydrogens (tertiary/aromatic N) is 1. The Morgan fingerprint density at radius 2 is 2.06 bits per heavy atom. The third-order valence-electron chi connectivity index (χ3n) is 4.40. The van der Waals surface area contributed by atoms with E-state index in [9.17, 15) is 0 Å². The summed E-state index contributed by atoms with van der Waals surface area (Å²) >= 11 is 0. The van der Waals surface area contributed by atoms with Crippen LogP contribution in [0.15, 0.2) is 0 Å². The Labute approximate surface area is 113 Å². The first-order valence-electron chi connectivity index (χ1n) is 7.48. The lowest BCUT2D eigenvalue weighted by Crippen LogP contribution is -2.46. The van der Waals surface area contributed by atoms with Crippen LogP contribution in [-0.2, 0) is 4.74 Å². The zero-order valence-corrected chi connectivity index (χ0v) is 12.9. The standard InChI is InChI=1S/C15H32N2O/c1-12(2)17(8-9-18-5)11-14-10-13(3)6-7-15(14)16-4/h12-16H,6-11H2,1-5H3. The Bertz CT molecular complexity index is 221. The van der Waals surface area contributed by atoms with E-state index in [1.54, 1.807) is 7.11 Å². The summed E-state index contributed by atoms with van der Waals surface area (Å²) in [5.74, 6) is 1.68. The maximum absolute atomic E-state index is 5.23. The molecule has 0 spiro atoms. The summed E-state index contributed by atoms with van der Waals surface area (Å²) in [5.41, 5.74) is 0. The highest BCUT2D eigenvalue weighted by Crippen LogP contribution is 2.29. The van der Waals surface area contributed by atoms with E-state index in [4.69, 9.17) is 4.74 Å². The van der Waals surface area contributed by atoms with Gasteiger partial charge in [0.15, 0.2) is 0 Å². The van der Waals surface area contributed by atoms with Gasteiger partial charge in [-0.25, -0.2) is 0 Å². The summed E-state index contributed by atoms with van der Waals surface area (Å²) in [7, 11) is 3.90.